The Labute approximate surface area is 353 Å². The Hall–Kier alpha value is -0.0900. The van der Waals surface area contributed by atoms with Crippen LogP contribution in [0.25, 0.3) is 0 Å². The number of rotatable bonds is 50. The monoisotopic (exact) mass is 787 g/mol. The lowest BCUT2D eigenvalue weighted by Crippen LogP contribution is -1.84. The molecule has 0 unspecified atom stereocenters. The summed E-state index contributed by atoms with van der Waals surface area (Å²) in [4.78, 5) is 0. The van der Waals surface area contributed by atoms with Gasteiger partial charge in [0.05, 0.1) is 0 Å². The summed E-state index contributed by atoms with van der Waals surface area (Å²) < 4.78 is 0. The van der Waals surface area contributed by atoms with Crippen molar-refractivity contribution < 1.29 is 0 Å². The molecule has 0 saturated carbocycles. The molecule has 0 radical (unpaired) electrons. The highest BCUT2D eigenvalue weighted by Crippen LogP contribution is 2.19. The molecular formula is C54H107P. The van der Waals surface area contributed by atoms with Crippen LogP contribution < -0.4 is 0 Å². The maximum atomic E-state index is 2.44. The second-order valence-corrected chi connectivity index (χ2v) is 19.1. The van der Waals surface area contributed by atoms with Crippen LogP contribution >= 0.6 is 8.58 Å². The smallest absolute Gasteiger partial charge is 0.0347 e. The van der Waals surface area contributed by atoms with E-state index < -0.39 is 0 Å². The van der Waals surface area contributed by atoms with Gasteiger partial charge in [0.25, 0.3) is 0 Å². The molecule has 0 aliphatic heterocycles. The van der Waals surface area contributed by atoms with E-state index in [1.807, 2.05) is 0 Å². The summed E-state index contributed by atoms with van der Waals surface area (Å²) >= 11 is 0. The zero-order chi connectivity index (χ0) is 39.5. The maximum Gasteiger partial charge on any atom is -0.0347 e. The molecule has 0 amide bonds. The first-order chi connectivity index (χ1) is 27.4. The van der Waals surface area contributed by atoms with Crippen LogP contribution in [-0.4, -0.2) is 0 Å². The minimum Gasteiger partial charge on any atom is -0.0840 e. The van der Waals surface area contributed by atoms with Crippen LogP contribution in [0.2, 0.25) is 0 Å². The van der Waals surface area contributed by atoms with Gasteiger partial charge in [-0.3, -0.25) is 0 Å². The van der Waals surface area contributed by atoms with Gasteiger partial charge in [-0.25, -0.2) is 0 Å². The molecule has 0 bridgehead atoms. The third kappa shape index (κ3) is 53.9. The lowest BCUT2D eigenvalue weighted by atomic mass is 10.0. The van der Waals surface area contributed by atoms with E-state index in [0.717, 1.165) is 8.58 Å². The summed E-state index contributed by atoms with van der Waals surface area (Å²) in [7, 11) is 0.891. The first kappa shape index (κ1) is 54.9. The SMILES string of the molecule is CCCCCCCCCCCCCCCCCCCCCCCCC/C=C/P/C=C/CCCCCCCCCCCCCCCCCCCCCCCCC. The highest BCUT2D eigenvalue weighted by Gasteiger charge is 1.98. The zero-order valence-electron chi connectivity index (χ0n) is 38.8. The average molecular weight is 787 g/mol. The van der Waals surface area contributed by atoms with Crippen LogP contribution in [0.5, 0.6) is 0 Å². The second kappa shape index (κ2) is 53.9. The Kier molecular flexibility index (Phi) is 53.8. The summed E-state index contributed by atoms with van der Waals surface area (Å²) in [5.74, 6) is 4.85. The van der Waals surface area contributed by atoms with Gasteiger partial charge in [0.15, 0.2) is 0 Å². The summed E-state index contributed by atoms with van der Waals surface area (Å²) in [6.45, 7) is 4.62. The topological polar surface area (TPSA) is 0 Å². The van der Waals surface area contributed by atoms with E-state index in [-0.39, 0.29) is 0 Å². The van der Waals surface area contributed by atoms with Crippen LogP contribution in [0.3, 0.4) is 0 Å². The van der Waals surface area contributed by atoms with Gasteiger partial charge in [0, 0.05) is 0 Å². The fraction of sp³-hybridized carbons (Fsp3) is 0.926. The minimum absolute atomic E-state index is 0.891. The third-order valence-corrected chi connectivity index (χ3v) is 13.2. The van der Waals surface area contributed by atoms with Crippen molar-refractivity contribution in [2.24, 2.45) is 0 Å². The predicted molar refractivity (Wildman–Crippen MR) is 260 cm³/mol. The highest BCUT2D eigenvalue weighted by atomic mass is 31.1. The van der Waals surface area contributed by atoms with E-state index in [2.05, 4.69) is 37.6 Å². The highest BCUT2D eigenvalue weighted by molar-refractivity contribution is 7.45. The largest absolute Gasteiger partial charge is 0.0840 e. The lowest BCUT2D eigenvalue weighted by Gasteiger charge is -2.04. The van der Waals surface area contributed by atoms with E-state index in [9.17, 15) is 0 Å². The third-order valence-electron chi connectivity index (χ3n) is 12.4. The molecule has 55 heavy (non-hydrogen) atoms. The number of hydrogen-bond donors (Lipinski definition) is 0. The van der Waals surface area contributed by atoms with Crippen molar-refractivity contribution in [2.45, 2.75) is 322 Å². The van der Waals surface area contributed by atoms with Gasteiger partial charge in [-0.2, -0.15) is 0 Å². The fourth-order valence-corrected chi connectivity index (χ4v) is 9.17. The van der Waals surface area contributed by atoms with E-state index in [1.165, 1.54) is 308 Å². The molecule has 0 saturated heterocycles. The molecule has 0 aromatic rings. The standard InChI is InChI=1S/C54H107P/c1-3-5-7-9-11-13-15-17-19-21-23-25-27-29-31-33-35-37-39-41-43-45-47-49-51-53-55-54-52-50-48-46-44-42-40-38-36-34-32-30-28-26-24-22-20-18-16-14-12-10-8-6-4-2/h51-55H,3-50H2,1-2H3/b53-51+,54-52+. The molecule has 0 aromatic heterocycles. The molecule has 0 fully saturated rings. The van der Waals surface area contributed by atoms with E-state index in [1.54, 1.807) is 0 Å². The number of hydrogen-bond acceptors (Lipinski definition) is 0. The molecule has 328 valence electrons. The summed E-state index contributed by atoms with van der Waals surface area (Å²) in [5, 5.41) is 0. The van der Waals surface area contributed by atoms with Crippen molar-refractivity contribution in [2.75, 3.05) is 0 Å². The van der Waals surface area contributed by atoms with Crippen molar-refractivity contribution in [3.05, 3.63) is 23.8 Å². The molecule has 0 aromatic carbocycles. The zero-order valence-corrected chi connectivity index (χ0v) is 39.8. The maximum absolute atomic E-state index is 2.44. The molecule has 0 N–H and O–H groups in total. The quantitative estimate of drug-likeness (QED) is 0.0426. The predicted octanol–water partition coefficient (Wildman–Crippen LogP) is 21.5. The Balaban J connectivity index is 3.14. The average Bonchev–Trinajstić information content (AvgIpc) is 3.20. The minimum atomic E-state index is 0.891. The molecule has 0 nitrogen and oxygen atoms in total. The summed E-state index contributed by atoms with van der Waals surface area (Å²) in [6, 6.07) is 0. The van der Waals surface area contributed by atoms with Crippen LogP contribution in [0.1, 0.15) is 322 Å². The van der Waals surface area contributed by atoms with Crippen LogP contribution in [0.4, 0.5) is 0 Å². The summed E-state index contributed by atoms with van der Waals surface area (Å²) in [6.07, 6.45) is 75.0. The van der Waals surface area contributed by atoms with Gasteiger partial charge < -0.3 is 0 Å². The molecule has 0 spiro atoms. The number of unbranched alkanes of at least 4 members (excludes halogenated alkanes) is 46. The molecule has 0 aliphatic carbocycles. The van der Waals surface area contributed by atoms with Crippen LogP contribution in [-0.2, 0) is 0 Å². The van der Waals surface area contributed by atoms with Gasteiger partial charge in [-0.1, -0.05) is 329 Å². The fourth-order valence-electron chi connectivity index (χ4n) is 8.45. The Morgan fingerprint density at radius 3 is 0.509 bits per heavy atom. The Morgan fingerprint density at radius 2 is 0.345 bits per heavy atom. The van der Waals surface area contributed by atoms with Crippen molar-refractivity contribution in [1.82, 2.24) is 0 Å². The number of allylic oxidation sites excluding steroid dienone is 2. The normalized spacial score (nSPS) is 12.0. The van der Waals surface area contributed by atoms with Crippen molar-refractivity contribution >= 4 is 8.58 Å². The Bertz CT molecular complexity index is 635. The molecule has 0 aliphatic rings. The van der Waals surface area contributed by atoms with Gasteiger partial charge in [0.2, 0.25) is 0 Å². The molecule has 0 heterocycles. The van der Waals surface area contributed by atoms with Crippen molar-refractivity contribution in [3.63, 3.8) is 0 Å². The van der Waals surface area contributed by atoms with Gasteiger partial charge in [-0.05, 0) is 25.7 Å². The Morgan fingerprint density at radius 1 is 0.200 bits per heavy atom. The summed E-state index contributed by atoms with van der Waals surface area (Å²) in [5.41, 5.74) is 0. The molecular weight excluding hydrogens is 680 g/mol. The molecule has 1 heteroatoms. The van der Waals surface area contributed by atoms with Gasteiger partial charge >= 0.3 is 0 Å². The second-order valence-electron chi connectivity index (χ2n) is 18.1. The van der Waals surface area contributed by atoms with Crippen LogP contribution in [0, 0.1) is 0 Å². The van der Waals surface area contributed by atoms with E-state index in [4.69, 9.17) is 0 Å². The first-order valence-electron chi connectivity index (χ1n) is 26.5. The van der Waals surface area contributed by atoms with E-state index >= 15 is 0 Å². The van der Waals surface area contributed by atoms with Gasteiger partial charge in [-0.15, -0.1) is 0 Å². The van der Waals surface area contributed by atoms with Crippen molar-refractivity contribution in [3.8, 4) is 0 Å². The van der Waals surface area contributed by atoms with Crippen molar-refractivity contribution in [1.29, 1.82) is 0 Å². The molecule has 0 atom stereocenters. The first-order valence-corrected chi connectivity index (χ1v) is 27.6. The van der Waals surface area contributed by atoms with E-state index in [0.29, 0.717) is 0 Å². The molecule has 0 rings (SSSR count). The van der Waals surface area contributed by atoms with Gasteiger partial charge in [0.1, 0.15) is 0 Å². The van der Waals surface area contributed by atoms with Crippen LogP contribution in [0.15, 0.2) is 23.8 Å². The lowest BCUT2D eigenvalue weighted by molar-refractivity contribution is 0.518.